The van der Waals surface area contributed by atoms with Crippen LogP contribution in [0.4, 0.5) is 4.79 Å². The molecule has 11 heteroatoms. The van der Waals surface area contributed by atoms with Crippen molar-refractivity contribution in [2.45, 2.75) is 90.5 Å². The smallest absolute Gasteiger partial charge is 0.408 e. The zero-order valence-corrected chi connectivity index (χ0v) is 32.1. The second-order valence-electron chi connectivity index (χ2n) is 14.1. The highest BCUT2D eigenvalue weighted by atomic mass is 16.5. The summed E-state index contributed by atoms with van der Waals surface area (Å²) in [5.74, 6) is -2.08. The summed E-state index contributed by atoms with van der Waals surface area (Å²) in [4.78, 5) is 54.8. The normalized spacial score (nSPS) is 14.4. The van der Waals surface area contributed by atoms with E-state index in [2.05, 4.69) is 26.6 Å². The van der Waals surface area contributed by atoms with Gasteiger partial charge in [0.15, 0.2) is 0 Å². The first-order chi connectivity index (χ1) is 26.5. The molecule has 0 saturated heterocycles. The average Bonchev–Trinajstić information content (AvgIpc) is 3.21. The summed E-state index contributed by atoms with van der Waals surface area (Å²) in [5.41, 5.74) is 3.39. The number of hydrogen-bond acceptors (Lipinski definition) is 7. The van der Waals surface area contributed by atoms with E-state index >= 15 is 0 Å². The molecule has 0 unspecified atom stereocenters. The number of benzene rings is 4. The van der Waals surface area contributed by atoms with Crippen LogP contribution < -0.4 is 26.6 Å². The number of carbonyl (C=O) groups is 4. The van der Waals surface area contributed by atoms with Crippen LogP contribution in [0.3, 0.4) is 0 Å². The summed E-state index contributed by atoms with van der Waals surface area (Å²) in [6.45, 7) is 7.96. The number of aliphatic hydroxyl groups excluding tert-OH is 1. The Labute approximate surface area is 324 Å². The fourth-order valence-corrected chi connectivity index (χ4v) is 6.09. The molecule has 0 spiro atoms. The van der Waals surface area contributed by atoms with E-state index in [0.29, 0.717) is 6.42 Å². The third-order valence-corrected chi connectivity index (χ3v) is 9.57. The maximum absolute atomic E-state index is 14.3. The van der Waals surface area contributed by atoms with Gasteiger partial charge in [-0.25, -0.2) is 4.79 Å². The van der Waals surface area contributed by atoms with E-state index in [0.717, 1.165) is 22.3 Å². The van der Waals surface area contributed by atoms with Crippen molar-refractivity contribution in [3.05, 3.63) is 144 Å². The van der Waals surface area contributed by atoms with Crippen LogP contribution in [-0.2, 0) is 45.2 Å². The maximum Gasteiger partial charge on any atom is 0.408 e. The summed E-state index contributed by atoms with van der Waals surface area (Å²) in [6, 6.07) is 33.3. The lowest BCUT2D eigenvalue weighted by Gasteiger charge is -2.34. The number of aliphatic hydroxyl groups is 1. The molecular weight excluding hydrogens is 695 g/mol. The molecule has 55 heavy (non-hydrogen) atoms. The molecule has 0 saturated carbocycles. The molecule has 0 aliphatic carbocycles. The number of alkyl carbamates (subject to hydrolysis) is 1. The fourth-order valence-electron chi connectivity index (χ4n) is 6.09. The molecule has 4 aromatic carbocycles. The Kier molecular flexibility index (Phi) is 16.9. The Balaban J connectivity index is 1.58. The number of amides is 4. The topological polar surface area (TPSA) is 158 Å². The van der Waals surface area contributed by atoms with Crippen molar-refractivity contribution in [3.63, 3.8) is 0 Å². The van der Waals surface area contributed by atoms with Crippen molar-refractivity contribution < 1.29 is 29.0 Å². The van der Waals surface area contributed by atoms with Gasteiger partial charge in [0.25, 0.3) is 0 Å². The zero-order valence-electron chi connectivity index (χ0n) is 32.1. The first-order valence-electron chi connectivity index (χ1n) is 18.9. The number of carbonyl (C=O) groups excluding carboxylic acids is 4. The number of hydrogen-bond donors (Lipinski definition) is 6. The van der Waals surface area contributed by atoms with Crippen LogP contribution in [0, 0.1) is 11.8 Å². The molecule has 0 bridgehead atoms. The van der Waals surface area contributed by atoms with Gasteiger partial charge in [0, 0.05) is 13.1 Å². The van der Waals surface area contributed by atoms with Gasteiger partial charge in [-0.05, 0) is 40.5 Å². The third-order valence-electron chi connectivity index (χ3n) is 9.57. The lowest BCUT2D eigenvalue weighted by atomic mass is 9.93. The van der Waals surface area contributed by atoms with Crippen LogP contribution in [0.2, 0.25) is 0 Å². The van der Waals surface area contributed by atoms with E-state index in [-0.39, 0.29) is 43.9 Å². The maximum atomic E-state index is 14.3. The summed E-state index contributed by atoms with van der Waals surface area (Å²) < 4.78 is 5.44. The predicted octanol–water partition coefficient (Wildman–Crippen LogP) is 5.03. The van der Waals surface area contributed by atoms with Crippen molar-refractivity contribution in [1.29, 1.82) is 0 Å². The molecule has 0 heterocycles. The SMILES string of the molecule is CC[C@H](C)[C@H](NC(=O)OCc1ccccc1)C(=O)N[C@@H](Cc1ccccc1)[C@@H](O)[C@@H](NCc1ccccc1)C(=O)N[C@H](C(=O)NCc1ccccc1)C(C)C. The monoisotopic (exact) mass is 749 g/mol. The van der Waals surface area contributed by atoms with E-state index < -0.39 is 48.2 Å². The van der Waals surface area contributed by atoms with Crippen molar-refractivity contribution in [3.8, 4) is 0 Å². The summed E-state index contributed by atoms with van der Waals surface area (Å²) in [6.07, 6.45) is -1.50. The van der Waals surface area contributed by atoms with Gasteiger partial charge in [0.2, 0.25) is 17.7 Å². The van der Waals surface area contributed by atoms with Crippen LogP contribution in [0.5, 0.6) is 0 Å². The van der Waals surface area contributed by atoms with Crippen molar-refractivity contribution >= 4 is 23.8 Å². The average molecular weight is 750 g/mol. The van der Waals surface area contributed by atoms with Gasteiger partial charge in [-0.3, -0.25) is 19.7 Å². The second-order valence-corrected chi connectivity index (χ2v) is 14.1. The van der Waals surface area contributed by atoms with E-state index in [9.17, 15) is 24.3 Å². The molecule has 0 aromatic heterocycles. The highest BCUT2D eigenvalue weighted by molar-refractivity contribution is 5.90. The van der Waals surface area contributed by atoms with Gasteiger partial charge in [0.05, 0.1) is 12.1 Å². The van der Waals surface area contributed by atoms with Gasteiger partial charge in [-0.2, -0.15) is 0 Å². The van der Waals surface area contributed by atoms with E-state index in [1.54, 1.807) is 0 Å². The van der Waals surface area contributed by atoms with Crippen molar-refractivity contribution in [1.82, 2.24) is 26.6 Å². The quantitative estimate of drug-likeness (QED) is 0.0740. The number of nitrogens with one attached hydrogen (secondary N) is 5. The van der Waals surface area contributed by atoms with Gasteiger partial charge in [0.1, 0.15) is 24.7 Å². The third kappa shape index (κ3) is 13.7. The molecule has 4 amide bonds. The van der Waals surface area contributed by atoms with E-state index in [1.165, 1.54) is 0 Å². The number of ether oxygens (including phenoxy) is 1. The first kappa shape index (κ1) is 42.2. The fraction of sp³-hybridized carbons (Fsp3) is 0.364. The molecule has 0 aliphatic heterocycles. The van der Waals surface area contributed by atoms with Gasteiger partial charge >= 0.3 is 6.09 Å². The molecule has 4 rings (SSSR count). The highest BCUT2D eigenvalue weighted by Crippen LogP contribution is 2.15. The Morgan fingerprint density at radius 2 is 1.07 bits per heavy atom. The molecule has 6 N–H and O–H groups in total. The van der Waals surface area contributed by atoms with Crippen LogP contribution in [0.25, 0.3) is 0 Å². The van der Waals surface area contributed by atoms with Crippen molar-refractivity contribution in [2.24, 2.45) is 11.8 Å². The van der Waals surface area contributed by atoms with E-state index in [4.69, 9.17) is 4.74 Å². The molecule has 0 radical (unpaired) electrons. The lowest BCUT2D eigenvalue weighted by Crippen LogP contribution is -2.63. The van der Waals surface area contributed by atoms with Gasteiger partial charge < -0.3 is 31.1 Å². The summed E-state index contributed by atoms with van der Waals surface area (Å²) in [5, 5.41) is 26.9. The molecule has 0 fully saturated rings. The largest absolute Gasteiger partial charge is 0.445 e. The van der Waals surface area contributed by atoms with Crippen molar-refractivity contribution in [2.75, 3.05) is 0 Å². The Bertz CT molecular complexity index is 1760. The van der Waals surface area contributed by atoms with Gasteiger partial charge in [-0.15, -0.1) is 0 Å². The molecular formula is C44H55N5O6. The highest BCUT2D eigenvalue weighted by Gasteiger charge is 2.38. The molecule has 292 valence electrons. The minimum Gasteiger partial charge on any atom is -0.445 e. The molecule has 0 aliphatic rings. The standard InChI is InChI=1S/C44H55N5O6/c1-5-31(4)38(49-44(54)55-29-35-24-16-9-17-25-35)42(52)47-36(26-32-18-10-6-11-19-32)40(50)39(45-27-33-20-12-7-13-21-33)43(53)48-37(30(2)3)41(51)46-28-34-22-14-8-15-23-34/h6-25,30-31,36-40,45,50H,5,26-29H2,1-4H3,(H,46,51)(H,47,52)(H,48,53)(H,49,54)/t31-,36-,37-,38-,39+,40+/m0/s1. The molecule has 4 aromatic rings. The Morgan fingerprint density at radius 3 is 1.60 bits per heavy atom. The minimum absolute atomic E-state index is 0.0301. The first-order valence-corrected chi connectivity index (χ1v) is 18.9. The van der Waals surface area contributed by atoms with Gasteiger partial charge in [-0.1, -0.05) is 155 Å². The van der Waals surface area contributed by atoms with Crippen LogP contribution in [0.15, 0.2) is 121 Å². The van der Waals surface area contributed by atoms with Crippen LogP contribution >= 0.6 is 0 Å². The second kappa shape index (κ2) is 22.0. The van der Waals surface area contributed by atoms with E-state index in [1.807, 2.05) is 149 Å². The van der Waals surface area contributed by atoms with Crippen LogP contribution in [-0.4, -0.2) is 59.2 Å². The minimum atomic E-state index is -1.48. The molecule has 6 atom stereocenters. The lowest BCUT2D eigenvalue weighted by molar-refractivity contribution is -0.134. The predicted molar refractivity (Wildman–Crippen MR) is 213 cm³/mol. The zero-order chi connectivity index (χ0) is 39.6. The summed E-state index contributed by atoms with van der Waals surface area (Å²) >= 11 is 0. The van der Waals surface area contributed by atoms with Crippen LogP contribution in [0.1, 0.15) is 56.4 Å². The molecule has 11 nitrogen and oxygen atoms in total. The Morgan fingerprint density at radius 1 is 0.582 bits per heavy atom. The summed E-state index contributed by atoms with van der Waals surface area (Å²) in [7, 11) is 0. The Hall–Kier alpha value is -5.52. The number of rotatable bonds is 20.